The number of carbonyl (C=O) groups is 1. The Hall–Kier alpha value is -3.09. The van der Waals surface area contributed by atoms with Crippen molar-refractivity contribution in [2.24, 2.45) is 0 Å². The van der Waals surface area contributed by atoms with Gasteiger partial charge in [0.25, 0.3) is 5.69 Å². The molecule has 2 N–H and O–H groups in total. The van der Waals surface area contributed by atoms with Gasteiger partial charge in [-0.25, -0.2) is 4.79 Å². The molecule has 0 aliphatic carbocycles. The maximum atomic E-state index is 12.1. The summed E-state index contributed by atoms with van der Waals surface area (Å²) in [7, 11) is 1.38. The van der Waals surface area contributed by atoms with Gasteiger partial charge in [0.1, 0.15) is 5.75 Å². The third-order valence-corrected chi connectivity index (χ3v) is 3.50. The summed E-state index contributed by atoms with van der Waals surface area (Å²) in [4.78, 5) is 22.4. The Bertz CT molecular complexity index is 759. The van der Waals surface area contributed by atoms with Crippen LogP contribution in [-0.4, -0.2) is 18.1 Å². The average molecular weight is 315 g/mol. The van der Waals surface area contributed by atoms with E-state index < -0.39 is 11.0 Å². The maximum Gasteiger partial charge on any atom is 0.323 e. The van der Waals surface area contributed by atoms with Gasteiger partial charge in [0.15, 0.2) is 0 Å². The molecule has 23 heavy (non-hydrogen) atoms. The van der Waals surface area contributed by atoms with Gasteiger partial charge < -0.3 is 15.4 Å². The first kappa shape index (κ1) is 16.3. The fourth-order valence-electron chi connectivity index (χ4n) is 2.06. The highest BCUT2D eigenvalue weighted by Crippen LogP contribution is 2.29. The molecule has 7 heteroatoms. The first-order valence-corrected chi connectivity index (χ1v) is 6.89. The van der Waals surface area contributed by atoms with Gasteiger partial charge in [-0.1, -0.05) is 12.1 Å². The van der Waals surface area contributed by atoms with Crippen molar-refractivity contribution in [1.29, 1.82) is 0 Å². The minimum absolute atomic E-state index is 0.109. The normalized spacial score (nSPS) is 10.0. The van der Waals surface area contributed by atoms with Gasteiger partial charge in [0.2, 0.25) is 0 Å². The fraction of sp³-hybridized carbons (Fsp3) is 0.188. The number of nitrogens with zero attached hydrogens (tertiary/aromatic N) is 1. The zero-order valence-corrected chi connectivity index (χ0v) is 13.0. The van der Waals surface area contributed by atoms with Crippen LogP contribution in [0.1, 0.15) is 11.1 Å². The van der Waals surface area contributed by atoms with Crippen LogP contribution in [-0.2, 0) is 0 Å². The van der Waals surface area contributed by atoms with Gasteiger partial charge in [0, 0.05) is 11.8 Å². The second-order valence-corrected chi connectivity index (χ2v) is 4.97. The van der Waals surface area contributed by atoms with Crippen LogP contribution >= 0.6 is 0 Å². The van der Waals surface area contributed by atoms with Crippen molar-refractivity contribution in [2.45, 2.75) is 13.8 Å². The van der Waals surface area contributed by atoms with E-state index in [2.05, 4.69) is 10.6 Å². The second-order valence-electron chi connectivity index (χ2n) is 4.97. The molecule has 0 heterocycles. The van der Waals surface area contributed by atoms with E-state index in [1.54, 1.807) is 6.07 Å². The number of nitro benzene ring substituents is 1. The second kappa shape index (κ2) is 6.78. The number of methoxy groups -OCH3 is 1. The lowest BCUT2D eigenvalue weighted by atomic mass is 10.1. The van der Waals surface area contributed by atoms with Crippen LogP contribution in [0.15, 0.2) is 36.4 Å². The minimum atomic E-state index is -0.525. The van der Waals surface area contributed by atoms with E-state index in [0.29, 0.717) is 11.4 Å². The van der Waals surface area contributed by atoms with Crippen LogP contribution in [0, 0.1) is 24.0 Å². The Morgan fingerprint density at radius 2 is 1.83 bits per heavy atom. The van der Waals surface area contributed by atoms with Crippen LogP contribution in [0.2, 0.25) is 0 Å². The quantitative estimate of drug-likeness (QED) is 0.661. The van der Waals surface area contributed by atoms with Crippen molar-refractivity contribution in [1.82, 2.24) is 0 Å². The Balaban J connectivity index is 2.17. The van der Waals surface area contributed by atoms with E-state index in [9.17, 15) is 14.9 Å². The van der Waals surface area contributed by atoms with E-state index in [0.717, 1.165) is 11.1 Å². The molecule has 0 fully saturated rings. The SMILES string of the molecule is COc1cc([N+](=O)[O-])ccc1NC(=O)Nc1cccc(C)c1C. The van der Waals surface area contributed by atoms with E-state index >= 15 is 0 Å². The van der Waals surface area contributed by atoms with Crippen molar-refractivity contribution in [3.05, 3.63) is 57.6 Å². The zero-order chi connectivity index (χ0) is 17.0. The number of amides is 2. The molecule has 0 saturated carbocycles. The van der Waals surface area contributed by atoms with Crippen molar-refractivity contribution < 1.29 is 14.5 Å². The summed E-state index contributed by atoms with van der Waals surface area (Å²) in [6.07, 6.45) is 0. The lowest BCUT2D eigenvalue weighted by molar-refractivity contribution is -0.384. The smallest absolute Gasteiger partial charge is 0.323 e. The molecule has 0 atom stereocenters. The largest absolute Gasteiger partial charge is 0.494 e. The number of carbonyl (C=O) groups excluding carboxylic acids is 1. The predicted molar refractivity (Wildman–Crippen MR) is 88.2 cm³/mol. The standard InChI is InChI=1S/C16H17N3O4/c1-10-5-4-6-13(11(10)2)17-16(20)18-14-8-7-12(19(21)22)9-15(14)23-3/h4-9H,1-3H3,(H2,17,18,20). The number of ether oxygens (including phenoxy) is 1. The summed E-state index contributed by atoms with van der Waals surface area (Å²) < 4.78 is 5.08. The zero-order valence-electron chi connectivity index (χ0n) is 13.0. The number of benzene rings is 2. The highest BCUT2D eigenvalue weighted by Gasteiger charge is 2.14. The van der Waals surface area contributed by atoms with E-state index in [1.807, 2.05) is 26.0 Å². The molecule has 7 nitrogen and oxygen atoms in total. The summed E-state index contributed by atoms with van der Waals surface area (Å²) in [6, 6.07) is 9.14. The summed E-state index contributed by atoms with van der Waals surface area (Å²) in [6.45, 7) is 3.87. The van der Waals surface area contributed by atoms with Gasteiger partial charge in [-0.2, -0.15) is 0 Å². The number of non-ortho nitro benzene ring substituents is 1. The molecule has 0 spiro atoms. The molecule has 0 saturated heterocycles. The molecular weight excluding hydrogens is 298 g/mol. The van der Waals surface area contributed by atoms with Gasteiger partial charge in [-0.05, 0) is 37.1 Å². The molecule has 0 bridgehead atoms. The topological polar surface area (TPSA) is 93.5 Å². The molecule has 0 unspecified atom stereocenters. The monoisotopic (exact) mass is 315 g/mol. The first-order chi connectivity index (χ1) is 10.9. The molecule has 2 amide bonds. The Morgan fingerprint density at radius 3 is 2.48 bits per heavy atom. The van der Waals surface area contributed by atoms with E-state index in [-0.39, 0.29) is 11.4 Å². The molecule has 0 aliphatic heterocycles. The molecule has 120 valence electrons. The van der Waals surface area contributed by atoms with Crippen LogP contribution < -0.4 is 15.4 Å². The number of rotatable bonds is 4. The molecule has 2 aromatic carbocycles. The molecule has 2 rings (SSSR count). The van der Waals surface area contributed by atoms with Gasteiger partial charge >= 0.3 is 6.03 Å². The first-order valence-electron chi connectivity index (χ1n) is 6.89. The average Bonchev–Trinajstić information content (AvgIpc) is 2.52. The lowest BCUT2D eigenvalue weighted by Crippen LogP contribution is -2.20. The van der Waals surface area contributed by atoms with Crippen molar-refractivity contribution in [3.63, 3.8) is 0 Å². The van der Waals surface area contributed by atoms with Crippen molar-refractivity contribution in [2.75, 3.05) is 17.7 Å². The molecule has 2 aromatic rings. The van der Waals surface area contributed by atoms with Gasteiger partial charge in [0.05, 0.1) is 23.8 Å². The number of aryl methyl sites for hydroxylation is 1. The molecular formula is C16H17N3O4. The third kappa shape index (κ3) is 3.76. The number of nitro groups is 1. The highest BCUT2D eigenvalue weighted by atomic mass is 16.6. The van der Waals surface area contributed by atoms with Crippen LogP contribution in [0.3, 0.4) is 0 Å². The number of anilines is 2. The van der Waals surface area contributed by atoms with Gasteiger partial charge in [-0.3, -0.25) is 10.1 Å². The number of hydrogen-bond acceptors (Lipinski definition) is 4. The summed E-state index contributed by atoms with van der Waals surface area (Å²) in [5, 5.41) is 16.1. The minimum Gasteiger partial charge on any atom is -0.494 e. The van der Waals surface area contributed by atoms with Crippen molar-refractivity contribution >= 4 is 23.1 Å². The molecule has 0 aromatic heterocycles. The van der Waals surface area contributed by atoms with Crippen LogP contribution in [0.25, 0.3) is 0 Å². The van der Waals surface area contributed by atoms with Crippen molar-refractivity contribution in [3.8, 4) is 5.75 Å². The molecule has 0 aliphatic rings. The Morgan fingerprint density at radius 1 is 1.13 bits per heavy atom. The summed E-state index contributed by atoms with van der Waals surface area (Å²) >= 11 is 0. The van der Waals surface area contributed by atoms with E-state index in [1.165, 1.54) is 25.3 Å². The molecule has 0 radical (unpaired) electrons. The Kier molecular flexibility index (Phi) is 4.80. The Labute approximate surface area is 133 Å². The maximum absolute atomic E-state index is 12.1. The number of hydrogen-bond donors (Lipinski definition) is 2. The fourth-order valence-corrected chi connectivity index (χ4v) is 2.06. The predicted octanol–water partition coefficient (Wildman–Crippen LogP) is 3.86. The highest BCUT2D eigenvalue weighted by molar-refractivity contribution is 6.01. The summed E-state index contributed by atoms with van der Waals surface area (Å²) in [5.74, 6) is 0.218. The van der Waals surface area contributed by atoms with Crippen LogP contribution in [0.4, 0.5) is 21.9 Å². The number of nitrogens with one attached hydrogen (secondary N) is 2. The van der Waals surface area contributed by atoms with E-state index in [4.69, 9.17) is 4.74 Å². The third-order valence-electron chi connectivity index (χ3n) is 3.50. The van der Waals surface area contributed by atoms with Crippen LogP contribution in [0.5, 0.6) is 5.75 Å². The van der Waals surface area contributed by atoms with Gasteiger partial charge in [-0.15, -0.1) is 0 Å². The number of urea groups is 1. The lowest BCUT2D eigenvalue weighted by Gasteiger charge is -2.13. The summed E-state index contributed by atoms with van der Waals surface area (Å²) in [5.41, 5.74) is 2.97.